The lowest BCUT2D eigenvalue weighted by molar-refractivity contribution is 0.531. The van der Waals surface area contributed by atoms with Crippen LogP contribution in [0.5, 0.6) is 0 Å². The zero-order valence-electron chi connectivity index (χ0n) is 11.6. The molecule has 0 radical (unpaired) electrons. The van der Waals surface area contributed by atoms with Crippen molar-refractivity contribution in [1.82, 2.24) is 20.3 Å². The molecule has 0 aliphatic heterocycles. The van der Waals surface area contributed by atoms with E-state index in [1.807, 2.05) is 23.5 Å². The Labute approximate surface area is 122 Å². The molecule has 1 N–H and O–H groups in total. The molecule has 1 aromatic rings. The van der Waals surface area contributed by atoms with Crippen LogP contribution in [0.1, 0.15) is 45.3 Å². The quantitative estimate of drug-likeness (QED) is 0.792. The lowest BCUT2D eigenvalue weighted by Gasteiger charge is -2.20. The lowest BCUT2D eigenvalue weighted by atomic mass is 10.2. The molecule has 0 aliphatic rings. The van der Waals surface area contributed by atoms with Gasteiger partial charge < -0.3 is 5.32 Å². The number of aromatic nitrogens is 3. The Kier molecular flexibility index (Phi) is 7.26. The summed E-state index contributed by atoms with van der Waals surface area (Å²) >= 11 is 5.49. The van der Waals surface area contributed by atoms with E-state index < -0.39 is 0 Å². The minimum Gasteiger partial charge on any atom is -0.308 e. The second-order valence-corrected chi connectivity index (χ2v) is 6.67. The molecule has 0 aliphatic carbocycles. The fourth-order valence-corrected chi connectivity index (χ4v) is 3.28. The Hall–Kier alpha value is -0.0700. The van der Waals surface area contributed by atoms with Crippen LogP contribution in [0.2, 0.25) is 0 Å². The fraction of sp³-hybridized carbons (Fsp3) is 0.833. The van der Waals surface area contributed by atoms with Crippen molar-refractivity contribution in [1.29, 1.82) is 0 Å². The molecule has 0 spiro atoms. The highest BCUT2D eigenvalue weighted by atomic mass is 79.9. The second-order valence-electron chi connectivity index (χ2n) is 4.45. The minimum absolute atomic E-state index is 0.304. The van der Waals surface area contributed by atoms with Crippen LogP contribution < -0.4 is 5.32 Å². The van der Waals surface area contributed by atoms with E-state index >= 15 is 0 Å². The van der Waals surface area contributed by atoms with Crippen LogP contribution in [0.4, 0.5) is 0 Å². The molecule has 1 rings (SSSR count). The summed E-state index contributed by atoms with van der Waals surface area (Å²) in [5.41, 5.74) is 1.14. The maximum Gasteiger partial charge on any atom is 0.153 e. The molecule has 0 saturated carbocycles. The first kappa shape index (κ1) is 16.0. The van der Waals surface area contributed by atoms with E-state index in [0.29, 0.717) is 11.3 Å². The van der Waals surface area contributed by atoms with Crippen molar-refractivity contribution in [3.05, 3.63) is 10.3 Å². The van der Waals surface area contributed by atoms with Crippen LogP contribution in [-0.2, 0) is 7.05 Å². The van der Waals surface area contributed by atoms with Gasteiger partial charge in [-0.3, -0.25) is 0 Å². The smallest absolute Gasteiger partial charge is 0.153 e. The average Bonchev–Trinajstić information content (AvgIpc) is 2.69. The average molecular weight is 335 g/mol. The SMILES string of the molecule is CCCNC(CSC(C)CC)c1c(Br)nnn1C. The van der Waals surface area contributed by atoms with Crippen molar-refractivity contribution in [3.63, 3.8) is 0 Å². The van der Waals surface area contributed by atoms with E-state index in [4.69, 9.17) is 0 Å². The summed E-state index contributed by atoms with van der Waals surface area (Å²) in [6.45, 7) is 7.71. The Morgan fingerprint density at radius 2 is 2.17 bits per heavy atom. The van der Waals surface area contributed by atoms with Crippen LogP contribution in [0.15, 0.2) is 4.60 Å². The summed E-state index contributed by atoms with van der Waals surface area (Å²) in [6.07, 6.45) is 2.34. The first-order valence-corrected chi connectivity index (χ1v) is 8.34. The highest BCUT2D eigenvalue weighted by molar-refractivity contribution is 9.10. The lowest BCUT2D eigenvalue weighted by Crippen LogP contribution is -2.27. The predicted octanol–water partition coefficient (Wildman–Crippen LogP) is 3.15. The number of aryl methyl sites for hydroxylation is 1. The number of halogens is 1. The van der Waals surface area contributed by atoms with Crippen molar-refractivity contribution in [2.24, 2.45) is 7.05 Å². The monoisotopic (exact) mass is 334 g/mol. The van der Waals surface area contributed by atoms with Gasteiger partial charge in [-0.1, -0.05) is 26.0 Å². The molecule has 6 heteroatoms. The van der Waals surface area contributed by atoms with Gasteiger partial charge in [-0.25, -0.2) is 4.68 Å². The van der Waals surface area contributed by atoms with Crippen molar-refractivity contribution in [2.75, 3.05) is 12.3 Å². The molecule has 1 aromatic heterocycles. The van der Waals surface area contributed by atoms with Crippen molar-refractivity contribution >= 4 is 27.7 Å². The van der Waals surface area contributed by atoms with Crippen LogP contribution >= 0.6 is 27.7 Å². The molecule has 0 fully saturated rings. The van der Waals surface area contributed by atoms with Gasteiger partial charge in [-0.05, 0) is 35.3 Å². The van der Waals surface area contributed by atoms with Crippen LogP contribution in [-0.4, -0.2) is 32.5 Å². The summed E-state index contributed by atoms with van der Waals surface area (Å²) in [7, 11) is 1.95. The number of hydrogen-bond acceptors (Lipinski definition) is 4. The highest BCUT2D eigenvalue weighted by Gasteiger charge is 2.20. The second kappa shape index (κ2) is 8.17. The van der Waals surface area contributed by atoms with E-state index in [-0.39, 0.29) is 0 Å². The highest BCUT2D eigenvalue weighted by Crippen LogP contribution is 2.26. The van der Waals surface area contributed by atoms with Gasteiger partial charge in [-0.2, -0.15) is 11.8 Å². The number of nitrogens with zero attached hydrogens (tertiary/aromatic N) is 3. The van der Waals surface area contributed by atoms with Crippen molar-refractivity contribution in [2.45, 2.75) is 44.9 Å². The summed E-state index contributed by atoms with van der Waals surface area (Å²) in [5.74, 6) is 1.05. The minimum atomic E-state index is 0.304. The van der Waals surface area contributed by atoms with Crippen LogP contribution in [0.25, 0.3) is 0 Å². The van der Waals surface area contributed by atoms with Gasteiger partial charge in [0.05, 0.1) is 11.7 Å². The Morgan fingerprint density at radius 1 is 1.44 bits per heavy atom. The van der Waals surface area contributed by atoms with Gasteiger partial charge in [0.15, 0.2) is 4.60 Å². The van der Waals surface area contributed by atoms with Gasteiger partial charge >= 0.3 is 0 Å². The first-order valence-electron chi connectivity index (χ1n) is 6.50. The van der Waals surface area contributed by atoms with Gasteiger partial charge in [-0.15, -0.1) is 5.10 Å². The third-order valence-electron chi connectivity index (χ3n) is 2.92. The molecule has 1 heterocycles. The van der Waals surface area contributed by atoms with E-state index in [1.165, 1.54) is 6.42 Å². The maximum absolute atomic E-state index is 4.07. The molecule has 2 atom stereocenters. The van der Waals surface area contributed by atoms with Crippen LogP contribution in [0, 0.1) is 0 Å². The fourth-order valence-electron chi connectivity index (χ4n) is 1.64. The molecular formula is C12H23BrN4S. The van der Waals surface area contributed by atoms with E-state index in [9.17, 15) is 0 Å². The van der Waals surface area contributed by atoms with Gasteiger partial charge in [0, 0.05) is 18.1 Å². The van der Waals surface area contributed by atoms with Crippen molar-refractivity contribution in [3.8, 4) is 0 Å². The number of hydrogen-bond donors (Lipinski definition) is 1. The normalized spacial score (nSPS) is 14.7. The third-order valence-corrected chi connectivity index (χ3v) is 4.91. The molecule has 104 valence electrons. The molecule has 0 saturated heterocycles. The zero-order chi connectivity index (χ0) is 13.5. The number of nitrogens with one attached hydrogen (secondary N) is 1. The van der Waals surface area contributed by atoms with Gasteiger partial charge in [0.25, 0.3) is 0 Å². The Balaban J connectivity index is 2.71. The summed E-state index contributed by atoms with van der Waals surface area (Å²) in [6, 6.07) is 0.304. The van der Waals surface area contributed by atoms with E-state index in [2.05, 4.69) is 52.3 Å². The number of rotatable bonds is 8. The van der Waals surface area contributed by atoms with E-state index in [1.54, 1.807) is 0 Å². The standard InChI is InChI=1S/C12H23BrN4S/c1-5-7-14-10(8-18-9(3)6-2)11-12(13)15-16-17(11)4/h9-10,14H,5-8H2,1-4H3. The molecule has 0 bridgehead atoms. The van der Waals surface area contributed by atoms with Gasteiger partial charge in [0.2, 0.25) is 0 Å². The zero-order valence-corrected chi connectivity index (χ0v) is 14.0. The van der Waals surface area contributed by atoms with Crippen LogP contribution in [0.3, 0.4) is 0 Å². The summed E-state index contributed by atoms with van der Waals surface area (Å²) < 4.78 is 2.71. The maximum atomic E-state index is 4.07. The molecule has 2 unspecified atom stereocenters. The van der Waals surface area contributed by atoms with Crippen molar-refractivity contribution < 1.29 is 0 Å². The first-order chi connectivity index (χ1) is 8.60. The summed E-state index contributed by atoms with van der Waals surface area (Å²) in [4.78, 5) is 0. The molecular weight excluding hydrogens is 312 g/mol. The van der Waals surface area contributed by atoms with Gasteiger partial charge in [0.1, 0.15) is 0 Å². The third kappa shape index (κ3) is 4.55. The molecule has 18 heavy (non-hydrogen) atoms. The largest absolute Gasteiger partial charge is 0.308 e. The predicted molar refractivity (Wildman–Crippen MR) is 81.9 cm³/mol. The topological polar surface area (TPSA) is 42.7 Å². The Bertz CT molecular complexity index is 336. The summed E-state index contributed by atoms with van der Waals surface area (Å²) in [5, 5.41) is 12.4. The molecule has 0 aromatic carbocycles. The molecule has 4 nitrogen and oxygen atoms in total. The number of thioether (sulfide) groups is 1. The van der Waals surface area contributed by atoms with E-state index in [0.717, 1.165) is 29.0 Å². The Morgan fingerprint density at radius 3 is 2.67 bits per heavy atom. The molecule has 0 amide bonds.